The fourth-order valence-corrected chi connectivity index (χ4v) is 3.83. The SMILES string of the molecule is O=C(C1=C(O)C(=O)N(Cc2ccco2)C1c1ccc(F)cc1)c1cccs1. The molecule has 1 aliphatic rings. The second-order valence-corrected chi connectivity index (χ2v) is 6.98. The number of hydrogen-bond acceptors (Lipinski definition) is 5. The van der Waals surface area contributed by atoms with Gasteiger partial charge in [0.2, 0.25) is 5.78 Å². The zero-order chi connectivity index (χ0) is 19.0. The zero-order valence-corrected chi connectivity index (χ0v) is 14.8. The van der Waals surface area contributed by atoms with Crippen LogP contribution in [0.3, 0.4) is 0 Å². The molecule has 1 aliphatic heterocycles. The number of hydrogen-bond donors (Lipinski definition) is 1. The molecule has 2 aromatic heterocycles. The molecule has 1 unspecified atom stereocenters. The number of amides is 1. The van der Waals surface area contributed by atoms with Gasteiger partial charge in [-0.05, 0) is 41.3 Å². The van der Waals surface area contributed by atoms with E-state index < -0.39 is 29.3 Å². The van der Waals surface area contributed by atoms with E-state index >= 15 is 0 Å². The van der Waals surface area contributed by atoms with Crippen molar-refractivity contribution < 1.29 is 23.5 Å². The molecule has 1 N–H and O–H groups in total. The van der Waals surface area contributed by atoms with Gasteiger partial charge in [0.1, 0.15) is 11.6 Å². The van der Waals surface area contributed by atoms with Crippen LogP contribution in [0, 0.1) is 5.82 Å². The van der Waals surface area contributed by atoms with E-state index in [1.807, 2.05) is 0 Å². The third kappa shape index (κ3) is 3.06. The van der Waals surface area contributed by atoms with Crippen LogP contribution in [-0.2, 0) is 11.3 Å². The van der Waals surface area contributed by atoms with E-state index in [-0.39, 0.29) is 12.1 Å². The highest BCUT2D eigenvalue weighted by molar-refractivity contribution is 7.12. The van der Waals surface area contributed by atoms with Gasteiger partial charge in [0, 0.05) is 0 Å². The van der Waals surface area contributed by atoms with E-state index in [9.17, 15) is 19.1 Å². The topological polar surface area (TPSA) is 70.8 Å². The van der Waals surface area contributed by atoms with Gasteiger partial charge >= 0.3 is 0 Å². The van der Waals surface area contributed by atoms with E-state index in [0.717, 1.165) is 0 Å². The lowest BCUT2D eigenvalue weighted by molar-refractivity contribution is -0.130. The minimum atomic E-state index is -0.835. The normalized spacial score (nSPS) is 17.0. The zero-order valence-electron chi connectivity index (χ0n) is 14.0. The van der Waals surface area contributed by atoms with E-state index in [4.69, 9.17) is 4.42 Å². The van der Waals surface area contributed by atoms with Crippen LogP contribution in [0.15, 0.2) is 75.9 Å². The second kappa shape index (κ2) is 6.85. The molecule has 1 atom stereocenters. The van der Waals surface area contributed by atoms with Gasteiger partial charge in [0.15, 0.2) is 5.76 Å². The molecule has 7 heteroatoms. The van der Waals surface area contributed by atoms with Crippen LogP contribution in [0.2, 0.25) is 0 Å². The Morgan fingerprint density at radius 3 is 2.59 bits per heavy atom. The van der Waals surface area contributed by atoms with E-state index in [2.05, 4.69) is 0 Å². The first-order valence-corrected chi connectivity index (χ1v) is 9.04. The van der Waals surface area contributed by atoms with Crippen molar-refractivity contribution >= 4 is 23.0 Å². The molecule has 3 aromatic rings. The number of Topliss-reactive ketones (excluding diaryl/α,β-unsaturated/α-hetero) is 1. The molecule has 0 saturated carbocycles. The molecule has 4 rings (SSSR count). The van der Waals surface area contributed by atoms with Crippen molar-refractivity contribution in [2.24, 2.45) is 0 Å². The maximum Gasteiger partial charge on any atom is 0.290 e. The first kappa shape index (κ1) is 17.2. The fraction of sp³-hybridized carbons (Fsp3) is 0.100. The van der Waals surface area contributed by atoms with Crippen LogP contribution in [0.5, 0.6) is 0 Å². The maximum absolute atomic E-state index is 13.4. The van der Waals surface area contributed by atoms with Gasteiger partial charge in [-0.15, -0.1) is 11.3 Å². The van der Waals surface area contributed by atoms with E-state index in [1.165, 1.54) is 46.8 Å². The lowest BCUT2D eigenvalue weighted by Gasteiger charge is -2.26. The average molecular weight is 383 g/mol. The van der Waals surface area contributed by atoms with Crippen LogP contribution in [0.4, 0.5) is 4.39 Å². The van der Waals surface area contributed by atoms with Gasteiger partial charge in [-0.1, -0.05) is 18.2 Å². The highest BCUT2D eigenvalue weighted by atomic mass is 32.1. The van der Waals surface area contributed by atoms with Gasteiger partial charge in [-0.2, -0.15) is 0 Å². The summed E-state index contributed by atoms with van der Waals surface area (Å²) in [5.41, 5.74) is 0.515. The van der Waals surface area contributed by atoms with Crippen molar-refractivity contribution in [2.45, 2.75) is 12.6 Å². The Balaban J connectivity index is 1.80. The van der Waals surface area contributed by atoms with Crippen molar-refractivity contribution in [2.75, 3.05) is 0 Å². The summed E-state index contributed by atoms with van der Waals surface area (Å²) < 4.78 is 18.7. The summed E-state index contributed by atoms with van der Waals surface area (Å²) in [6.07, 6.45) is 1.48. The molecule has 5 nitrogen and oxygen atoms in total. The number of rotatable bonds is 5. The van der Waals surface area contributed by atoms with E-state index in [1.54, 1.807) is 29.6 Å². The molecular weight excluding hydrogens is 369 g/mol. The minimum absolute atomic E-state index is 0.0133. The summed E-state index contributed by atoms with van der Waals surface area (Å²) in [5, 5.41) is 12.2. The van der Waals surface area contributed by atoms with Gasteiger partial charge in [0.25, 0.3) is 5.91 Å². The second-order valence-electron chi connectivity index (χ2n) is 6.04. The predicted molar refractivity (Wildman–Crippen MR) is 96.7 cm³/mol. The third-order valence-electron chi connectivity index (χ3n) is 4.39. The van der Waals surface area contributed by atoms with Crippen molar-refractivity contribution in [3.63, 3.8) is 0 Å². The van der Waals surface area contributed by atoms with Crippen LogP contribution in [-0.4, -0.2) is 21.7 Å². The summed E-state index contributed by atoms with van der Waals surface area (Å²) in [4.78, 5) is 27.5. The fourth-order valence-electron chi connectivity index (χ4n) is 3.15. The van der Waals surface area contributed by atoms with Gasteiger partial charge in [-0.3, -0.25) is 9.59 Å². The van der Waals surface area contributed by atoms with Crippen LogP contribution in [0.1, 0.15) is 27.0 Å². The first-order valence-electron chi connectivity index (χ1n) is 8.16. The predicted octanol–water partition coefficient (Wildman–Crippen LogP) is 4.26. The number of carbonyl (C=O) groups is 2. The molecule has 1 amide bonds. The number of nitrogens with zero attached hydrogens (tertiary/aromatic N) is 1. The number of ketones is 1. The molecule has 136 valence electrons. The largest absolute Gasteiger partial charge is 0.503 e. The van der Waals surface area contributed by atoms with Gasteiger partial charge in [0.05, 0.1) is 29.3 Å². The molecule has 0 aliphatic carbocycles. The first-order chi connectivity index (χ1) is 13.1. The summed E-state index contributed by atoms with van der Waals surface area (Å²) in [5.74, 6) is -1.60. The molecule has 27 heavy (non-hydrogen) atoms. The van der Waals surface area contributed by atoms with Crippen molar-refractivity contribution in [1.29, 1.82) is 0 Å². The molecule has 0 spiro atoms. The number of aliphatic hydroxyl groups excluding tert-OH is 1. The summed E-state index contributed by atoms with van der Waals surface area (Å²) in [7, 11) is 0. The molecule has 3 heterocycles. The summed E-state index contributed by atoms with van der Waals surface area (Å²) in [6, 6.07) is 11.4. The van der Waals surface area contributed by atoms with E-state index in [0.29, 0.717) is 16.2 Å². The Hall–Kier alpha value is -3.19. The van der Waals surface area contributed by atoms with Crippen molar-refractivity contribution in [1.82, 2.24) is 4.90 Å². The monoisotopic (exact) mass is 383 g/mol. The van der Waals surface area contributed by atoms with Gasteiger partial charge < -0.3 is 14.4 Å². The minimum Gasteiger partial charge on any atom is -0.503 e. The summed E-state index contributed by atoms with van der Waals surface area (Å²) in [6.45, 7) is 0.0686. The molecular formula is C20H14FNO4S. The lowest BCUT2D eigenvalue weighted by atomic mass is 9.95. The highest BCUT2D eigenvalue weighted by Crippen LogP contribution is 2.40. The Morgan fingerprint density at radius 2 is 1.96 bits per heavy atom. The lowest BCUT2D eigenvalue weighted by Crippen LogP contribution is -2.30. The quantitative estimate of drug-likeness (QED) is 0.669. The molecule has 1 aromatic carbocycles. The Labute approximate surface area is 158 Å². The number of benzene rings is 1. The Kier molecular flexibility index (Phi) is 4.37. The molecule has 0 radical (unpaired) electrons. The number of thiophene rings is 1. The third-order valence-corrected chi connectivity index (χ3v) is 5.25. The number of halogens is 1. The standard InChI is InChI=1S/C20H14FNO4S/c21-13-7-5-12(6-8-13)17-16(18(23)15-4-2-10-27-15)19(24)20(25)22(17)11-14-3-1-9-26-14/h1-10,17,24H,11H2. The Bertz CT molecular complexity index is 1010. The highest BCUT2D eigenvalue weighted by Gasteiger charge is 2.44. The van der Waals surface area contributed by atoms with Crippen molar-refractivity contribution in [3.8, 4) is 0 Å². The number of aliphatic hydroxyl groups is 1. The van der Waals surface area contributed by atoms with Crippen LogP contribution >= 0.6 is 11.3 Å². The van der Waals surface area contributed by atoms with Gasteiger partial charge in [-0.25, -0.2) is 4.39 Å². The van der Waals surface area contributed by atoms with Crippen LogP contribution < -0.4 is 0 Å². The summed E-state index contributed by atoms with van der Waals surface area (Å²) >= 11 is 1.22. The van der Waals surface area contributed by atoms with Crippen molar-refractivity contribution in [3.05, 3.63) is 93.5 Å². The molecule has 0 fully saturated rings. The molecule has 0 bridgehead atoms. The number of furan rings is 1. The number of carbonyl (C=O) groups excluding carboxylic acids is 2. The smallest absolute Gasteiger partial charge is 0.290 e. The molecule has 0 saturated heterocycles. The Morgan fingerprint density at radius 1 is 1.19 bits per heavy atom. The maximum atomic E-state index is 13.4. The van der Waals surface area contributed by atoms with Crippen LogP contribution in [0.25, 0.3) is 0 Å². The average Bonchev–Trinajstić information content (AvgIpc) is 3.41.